The van der Waals surface area contributed by atoms with Gasteiger partial charge in [0.25, 0.3) is 12.3 Å². The summed E-state index contributed by atoms with van der Waals surface area (Å²) in [5.74, 6) is -1.33. The zero-order valence-corrected chi connectivity index (χ0v) is 8.15. The van der Waals surface area contributed by atoms with Crippen molar-refractivity contribution < 1.29 is 29.8 Å². The van der Waals surface area contributed by atoms with Crippen LogP contribution in [0.4, 0.5) is 0 Å². The van der Waals surface area contributed by atoms with E-state index in [2.05, 4.69) is 0 Å². The van der Waals surface area contributed by atoms with E-state index in [9.17, 15) is 25.1 Å². The molecule has 0 unspecified atom stereocenters. The number of rotatable bonds is 4. The Morgan fingerprint density at radius 1 is 1.56 bits per heavy atom. The maximum absolute atomic E-state index is 11.2. The molecule has 1 heterocycles. The quantitative estimate of drug-likeness (QED) is 0.372. The second kappa shape index (κ2) is 5.01. The molecule has 0 aliphatic carbocycles. The number of nitro groups is 1. The lowest BCUT2D eigenvalue weighted by Crippen LogP contribution is -2.45. The molecule has 0 fully saturated rings. The van der Waals surface area contributed by atoms with Gasteiger partial charge >= 0.3 is 0 Å². The van der Waals surface area contributed by atoms with Crippen LogP contribution in [0.3, 0.4) is 0 Å². The van der Waals surface area contributed by atoms with E-state index in [1.807, 2.05) is 0 Å². The highest BCUT2D eigenvalue weighted by molar-refractivity contribution is 5.94. The normalized spacial score (nSPS) is 29.2. The molecule has 0 saturated carbocycles. The van der Waals surface area contributed by atoms with Gasteiger partial charge in [0.05, 0.1) is 6.61 Å². The molecule has 0 aromatic heterocycles. The van der Waals surface area contributed by atoms with Crippen molar-refractivity contribution in [2.75, 3.05) is 13.2 Å². The van der Waals surface area contributed by atoms with Crippen LogP contribution in [-0.2, 0) is 9.53 Å². The van der Waals surface area contributed by atoms with Crippen molar-refractivity contribution in [3.63, 3.8) is 0 Å². The maximum atomic E-state index is 11.2. The van der Waals surface area contributed by atoms with Gasteiger partial charge in [0, 0.05) is 4.92 Å². The summed E-state index contributed by atoms with van der Waals surface area (Å²) in [4.78, 5) is 20.5. The number of ether oxygens (including phenoxy) is 1. The first kappa shape index (κ1) is 12.6. The third kappa shape index (κ3) is 2.75. The Kier molecular flexibility index (Phi) is 3.93. The highest BCUT2D eigenvalue weighted by Gasteiger charge is 2.34. The fourth-order valence-corrected chi connectivity index (χ4v) is 1.24. The number of aliphatic hydroxyl groups excluding tert-OH is 3. The Morgan fingerprint density at radius 2 is 2.19 bits per heavy atom. The predicted octanol–water partition coefficient (Wildman–Crippen LogP) is -2.17. The second-order valence-corrected chi connectivity index (χ2v) is 3.27. The van der Waals surface area contributed by atoms with Crippen molar-refractivity contribution in [3.05, 3.63) is 21.9 Å². The lowest BCUT2D eigenvalue weighted by Gasteiger charge is -2.29. The highest BCUT2D eigenvalue weighted by Crippen LogP contribution is 2.18. The number of carbonyl (C=O) groups is 1. The van der Waals surface area contributed by atoms with Crippen LogP contribution in [0.5, 0.6) is 0 Å². The molecule has 3 N–H and O–H groups in total. The van der Waals surface area contributed by atoms with Gasteiger partial charge in [-0.2, -0.15) is 0 Å². The monoisotopic (exact) mass is 233 g/mol. The summed E-state index contributed by atoms with van der Waals surface area (Å²) in [5.41, 5.74) is 0. The van der Waals surface area contributed by atoms with Crippen LogP contribution in [0.15, 0.2) is 11.8 Å². The molecule has 0 bridgehead atoms. The second-order valence-electron chi connectivity index (χ2n) is 3.27. The number of Topliss-reactive ketones (excluding diaryl/α,β-unsaturated/α-hetero) is 1. The first-order valence-corrected chi connectivity index (χ1v) is 4.46. The van der Waals surface area contributed by atoms with E-state index in [0.717, 1.165) is 6.08 Å². The van der Waals surface area contributed by atoms with Crippen molar-refractivity contribution in [1.29, 1.82) is 0 Å². The largest absolute Gasteiger partial charge is 0.481 e. The van der Waals surface area contributed by atoms with Gasteiger partial charge in [0.15, 0.2) is 11.9 Å². The minimum atomic E-state index is -1.39. The maximum Gasteiger partial charge on any atom is 0.269 e. The van der Waals surface area contributed by atoms with E-state index in [4.69, 9.17) is 9.84 Å². The average Bonchev–Trinajstić information content (AvgIpc) is 2.20. The first-order chi connectivity index (χ1) is 7.45. The fraction of sp³-hybridized carbons (Fsp3) is 0.625. The number of ketones is 1. The Labute approximate surface area is 89.9 Å². The summed E-state index contributed by atoms with van der Waals surface area (Å²) in [5, 5.41) is 37.5. The molecule has 0 amide bonds. The molecule has 0 saturated heterocycles. The van der Waals surface area contributed by atoms with E-state index < -0.39 is 47.9 Å². The Hall–Kier alpha value is -1.51. The molecular weight excluding hydrogens is 222 g/mol. The number of nitrogens with zero attached hydrogens (tertiary/aromatic N) is 1. The predicted molar refractivity (Wildman–Crippen MR) is 48.9 cm³/mol. The SMILES string of the molecule is O=C(C[N+](=O)[O-])C1=C[C@@H](O)[C@H](O)[C@@H](CO)O1. The molecule has 1 rings (SSSR count). The molecule has 8 nitrogen and oxygen atoms in total. The summed E-state index contributed by atoms with van der Waals surface area (Å²) in [6.07, 6.45) is -3.03. The summed E-state index contributed by atoms with van der Waals surface area (Å²) in [7, 11) is 0. The third-order valence-electron chi connectivity index (χ3n) is 2.06. The van der Waals surface area contributed by atoms with Gasteiger partial charge in [-0.3, -0.25) is 14.9 Å². The minimum absolute atomic E-state index is 0.409. The molecule has 16 heavy (non-hydrogen) atoms. The summed E-state index contributed by atoms with van der Waals surface area (Å²) in [6.45, 7) is -1.58. The molecule has 0 aromatic rings. The van der Waals surface area contributed by atoms with Gasteiger partial charge in [0.1, 0.15) is 12.2 Å². The zero-order chi connectivity index (χ0) is 12.3. The van der Waals surface area contributed by atoms with Gasteiger partial charge in [-0.15, -0.1) is 0 Å². The fourth-order valence-electron chi connectivity index (χ4n) is 1.24. The van der Waals surface area contributed by atoms with Crippen LogP contribution in [0, 0.1) is 10.1 Å². The topological polar surface area (TPSA) is 130 Å². The van der Waals surface area contributed by atoms with Crippen molar-refractivity contribution >= 4 is 5.78 Å². The van der Waals surface area contributed by atoms with Crippen molar-refractivity contribution in [2.45, 2.75) is 18.3 Å². The van der Waals surface area contributed by atoms with Crippen LogP contribution in [0.2, 0.25) is 0 Å². The number of hydrogen-bond donors (Lipinski definition) is 3. The van der Waals surface area contributed by atoms with Gasteiger partial charge < -0.3 is 20.1 Å². The molecule has 0 spiro atoms. The van der Waals surface area contributed by atoms with Gasteiger partial charge in [-0.05, 0) is 6.08 Å². The van der Waals surface area contributed by atoms with Gasteiger partial charge in [0.2, 0.25) is 0 Å². The highest BCUT2D eigenvalue weighted by atomic mass is 16.6. The van der Waals surface area contributed by atoms with Crippen LogP contribution in [0.25, 0.3) is 0 Å². The Balaban J connectivity index is 2.78. The summed E-state index contributed by atoms with van der Waals surface area (Å²) in [6, 6.07) is 0. The number of aliphatic hydroxyl groups is 3. The average molecular weight is 233 g/mol. The lowest BCUT2D eigenvalue weighted by molar-refractivity contribution is -0.467. The van der Waals surface area contributed by atoms with Crippen molar-refractivity contribution in [3.8, 4) is 0 Å². The van der Waals surface area contributed by atoms with Crippen LogP contribution < -0.4 is 0 Å². The molecular formula is C8H11NO7. The lowest BCUT2D eigenvalue weighted by atomic mass is 10.0. The molecule has 0 radical (unpaired) electrons. The Bertz CT molecular complexity index is 326. The first-order valence-electron chi connectivity index (χ1n) is 4.46. The van der Waals surface area contributed by atoms with E-state index in [1.165, 1.54) is 0 Å². The third-order valence-corrected chi connectivity index (χ3v) is 2.06. The molecule has 1 aliphatic rings. The van der Waals surface area contributed by atoms with E-state index >= 15 is 0 Å². The van der Waals surface area contributed by atoms with Crippen molar-refractivity contribution in [2.24, 2.45) is 0 Å². The number of hydrogen-bond acceptors (Lipinski definition) is 7. The smallest absolute Gasteiger partial charge is 0.269 e. The molecule has 8 heteroatoms. The zero-order valence-electron chi connectivity index (χ0n) is 8.15. The minimum Gasteiger partial charge on any atom is -0.481 e. The summed E-state index contributed by atoms with van der Waals surface area (Å²) >= 11 is 0. The van der Waals surface area contributed by atoms with Crippen LogP contribution in [-0.4, -0.2) is 57.5 Å². The van der Waals surface area contributed by atoms with Crippen molar-refractivity contribution in [1.82, 2.24) is 0 Å². The van der Waals surface area contributed by atoms with Gasteiger partial charge in [-0.1, -0.05) is 0 Å². The molecule has 90 valence electrons. The van der Waals surface area contributed by atoms with E-state index in [0.29, 0.717) is 0 Å². The van der Waals surface area contributed by atoms with E-state index in [1.54, 1.807) is 0 Å². The van der Waals surface area contributed by atoms with Crippen LogP contribution in [0.1, 0.15) is 0 Å². The van der Waals surface area contributed by atoms with Gasteiger partial charge in [-0.25, -0.2) is 0 Å². The Morgan fingerprint density at radius 3 is 2.69 bits per heavy atom. The number of carbonyl (C=O) groups excluding carboxylic acids is 1. The standard InChI is InChI=1S/C8H11NO7/c10-3-7-8(13)4(11)1-6(16-7)5(12)2-9(14)15/h1,4,7-8,10-11,13H,2-3H2/t4-,7-,8+/m1/s1. The van der Waals surface area contributed by atoms with E-state index in [-0.39, 0.29) is 0 Å². The molecule has 0 aromatic carbocycles. The molecule has 1 aliphatic heterocycles. The van der Waals surface area contributed by atoms with Crippen LogP contribution >= 0.6 is 0 Å². The molecule has 3 atom stereocenters. The summed E-state index contributed by atoms with van der Waals surface area (Å²) < 4.78 is 4.83.